The minimum Gasteiger partial charge on any atom is -0.508 e. The summed E-state index contributed by atoms with van der Waals surface area (Å²) in [5.74, 6) is -0.867. The van der Waals surface area contributed by atoms with Crippen LogP contribution in [0.2, 0.25) is 5.02 Å². The summed E-state index contributed by atoms with van der Waals surface area (Å²) in [6.07, 6.45) is 1.65. The lowest BCUT2D eigenvalue weighted by atomic mass is 10.1. The summed E-state index contributed by atoms with van der Waals surface area (Å²) in [6, 6.07) is 19.3. The van der Waals surface area contributed by atoms with Crippen molar-refractivity contribution in [2.45, 2.75) is 13.5 Å². The van der Waals surface area contributed by atoms with Crippen molar-refractivity contribution in [1.82, 2.24) is 19.5 Å². The van der Waals surface area contributed by atoms with Crippen molar-refractivity contribution in [3.8, 4) is 5.75 Å². The molecule has 0 bridgehead atoms. The molecule has 36 heavy (non-hydrogen) atoms. The standard InChI is InChI=1S/C27H18ClN5O3/c1-15-20(12-16-6-9-18(34)10-7-16)27(36)33(31-15)24(35)14-32-23-5-3-2-4-19(23)25-26(32)30-21-11-8-17(28)13-22(21)29-25/h2-13,34H,14H2,1H3/b20-12+. The maximum absolute atomic E-state index is 13.4. The zero-order valence-electron chi connectivity index (χ0n) is 19.0. The van der Waals surface area contributed by atoms with E-state index in [0.717, 1.165) is 15.9 Å². The first-order valence-electron chi connectivity index (χ1n) is 11.2. The molecule has 3 aromatic carbocycles. The number of nitrogens with zero attached hydrogens (tertiary/aromatic N) is 5. The average Bonchev–Trinajstić information content (AvgIpc) is 3.32. The summed E-state index contributed by atoms with van der Waals surface area (Å²) < 4.78 is 1.76. The Labute approximate surface area is 209 Å². The molecular weight excluding hydrogens is 478 g/mol. The molecule has 1 aliphatic rings. The minimum absolute atomic E-state index is 0.127. The van der Waals surface area contributed by atoms with Crippen LogP contribution in [0.15, 0.2) is 77.4 Å². The van der Waals surface area contributed by atoms with Crippen LogP contribution < -0.4 is 0 Å². The number of imide groups is 1. The van der Waals surface area contributed by atoms with E-state index in [2.05, 4.69) is 5.10 Å². The smallest absolute Gasteiger partial charge is 0.283 e. The summed E-state index contributed by atoms with van der Waals surface area (Å²) in [7, 11) is 0. The molecule has 0 fully saturated rings. The molecular formula is C27H18ClN5O3. The van der Waals surface area contributed by atoms with Gasteiger partial charge in [-0.3, -0.25) is 9.59 Å². The van der Waals surface area contributed by atoms with Crippen molar-refractivity contribution in [3.05, 3.63) is 82.9 Å². The molecule has 1 aliphatic heterocycles. The topological polar surface area (TPSA) is 101 Å². The third-order valence-electron chi connectivity index (χ3n) is 6.11. The largest absolute Gasteiger partial charge is 0.508 e. The van der Waals surface area contributed by atoms with Crippen LogP contribution in [0.4, 0.5) is 0 Å². The van der Waals surface area contributed by atoms with Crippen LogP contribution in [0.25, 0.3) is 39.2 Å². The van der Waals surface area contributed by atoms with Gasteiger partial charge < -0.3 is 9.67 Å². The Balaban J connectivity index is 1.39. The first-order chi connectivity index (χ1) is 17.4. The lowest BCUT2D eigenvalue weighted by molar-refractivity contribution is -0.141. The number of fused-ring (bicyclic) bond motifs is 4. The number of halogens is 1. The predicted molar refractivity (Wildman–Crippen MR) is 139 cm³/mol. The number of hydrogen-bond donors (Lipinski definition) is 1. The number of rotatable bonds is 3. The second-order valence-corrected chi connectivity index (χ2v) is 8.91. The number of aromatic nitrogens is 3. The van der Waals surface area contributed by atoms with Gasteiger partial charge in [0.2, 0.25) is 0 Å². The van der Waals surface area contributed by atoms with Gasteiger partial charge in [0.25, 0.3) is 11.8 Å². The summed E-state index contributed by atoms with van der Waals surface area (Å²) in [4.78, 5) is 36.0. The Hall–Kier alpha value is -4.56. The molecule has 0 atom stereocenters. The van der Waals surface area contributed by atoms with Crippen LogP contribution in [0.5, 0.6) is 5.75 Å². The Morgan fingerprint density at radius 3 is 2.61 bits per heavy atom. The van der Waals surface area contributed by atoms with Gasteiger partial charge in [0.15, 0.2) is 5.65 Å². The molecule has 0 saturated heterocycles. The van der Waals surface area contributed by atoms with Gasteiger partial charge in [0.05, 0.1) is 27.8 Å². The summed E-state index contributed by atoms with van der Waals surface area (Å²) in [5, 5.41) is 16.0. The Bertz CT molecular complexity index is 1790. The molecule has 2 aromatic heterocycles. The number of hydrazone groups is 1. The normalized spacial score (nSPS) is 14.9. The molecule has 0 unspecified atom stereocenters. The van der Waals surface area contributed by atoms with Crippen LogP contribution in [-0.2, 0) is 16.1 Å². The molecule has 6 rings (SSSR count). The van der Waals surface area contributed by atoms with Gasteiger partial charge in [-0.25, -0.2) is 9.97 Å². The maximum atomic E-state index is 13.4. The lowest BCUT2D eigenvalue weighted by Gasteiger charge is -2.12. The van der Waals surface area contributed by atoms with E-state index >= 15 is 0 Å². The fourth-order valence-corrected chi connectivity index (χ4v) is 4.53. The third kappa shape index (κ3) is 3.59. The number of aromatic hydroxyl groups is 1. The first-order valence-corrected chi connectivity index (χ1v) is 11.5. The first kappa shape index (κ1) is 21.9. The number of benzene rings is 3. The monoisotopic (exact) mass is 495 g/mol. The predicted octanol–water partition coefficient (Wildman–Crippen LogP) is 4.93. The average molecular weight is 496 g/mol. The van der Waals surface area contributed by atoms with Gasteiger partial charge in [-0.15, -0.1) is 0 Å². The van der Waals surface area contributed by atoms with Gasteiger partial charge in [-0.1, -0.05) is 41.9 Å². The van der Waals surface area contributed by atoms with E-state index in [1.165, 1.54) is 12.1 Å². The Morgan fingerprint density at radius 2 is 1.81 bits per heavy atom. The zero-order valence-corrected chi connectivity index (χ0v) is 19.8. The molecule has 0 aliphatic carbocycles. The van der Waals surface area contributed by atoms with Gasteiger partial charge in [-0.2, -0.15) is 10.1 Å². The minimum atomic E-state index is -0.502. The number of amides is 2. The van der Waals surface area contributed by atoms with E-state index in [9.17, 15) is 14.7 Å². The van der Waals surface area contributed by atoms with Gasteiger partial charge in [-0.05, 0) is 55.0 Å². The van der Waals surface area contributed by atoms with Gasteiger partial charge >= 0.3 is 0 Å². The van der Waals surface area contributed by atoms with Crippen LogP contribution in [0, 0.1) is 0 Å². The van der Waals surface area contributed by atoms with E-state index in [1.54, 1.807) is 47.9 Å². The maximum Gasteiger partial charge on any atom is 0.283 e. The molecule has 176 valence electrons. The number of phenols is 1. The van der Waals surface area contributed by atoms with Crippen LogP contribution in [0.3, 0.4) is 0 Å². The molecule has 5 aromatic rings. The number of carbonyl (C=O) groups is 2. The Kier molecular flexibility index (Phi) is 5.05. The van der Waals surface area contributed by atoms with E-state index in [0.29, 0.717) is 44.1 Å². The van der Waals surface area contributed by atoms with Crippen LogP contribution in [0.1, 0.15) is 12.5 Å². The second kappa shape index (κ2) is 8.28. The van der Waals surface area contributed by atoms with E-state index in [4.69, 9.17) is 21.6 Å². The number of carbonyl (C=O) groups excluding carboxylic acids is 2. The second-order valence-electron chi connectivity index (χ2n) is 8.48. The van der Waals surface area contributed by atoms with Crippen LogP contribution >= 0.6 is 11.6 Å². The van der Waals surface area contributed by atoms with Gasteiger partial charge in [0.1, 0.15) is 17.8 Å². The highest BCUT2D eigenvalue weighted by atomic mass is 35.5. The quantitative estimate of drug-likeness (QED) is 0.358. The van der Waals surface area contributed by atoms with E-state index < -0.39 is 11.8 Å². The Morgan fingerprint density at radius 1 is 1.03 bits per heavy atom. The zero-order chi connectivity index (χ0) is 25.0. The summed E-state index contributed by atoms with van der Waals surface area (Å²) in [5.41, 5.74) is 4.72. The number of phenolic OH excluding ortho intramolecular Hbond substituents is 1. The van der Waals surface area contributed by atoms with Crippen molar-refractivity contribution in [2.75, 3.05) is 0 Å². The lowest BCUT2D eigenvalue weighted by Crippen LogP contribution is -2.32. The highest BCUT2D eigenvalue weighted by Crippen LogP contribution is 2.29. The summed E-state index contributed by atoms with van der Waals surface area (Å²) >= 11 is 6.15. The molecule has 9 heteroatoms. The third-order valence-corrected chi connectivity index (χ3v) is 6.34. The fraction of sp³-hybridized carbons (Fsp3) is 0.0741. The molecule has 8 nitrogen and oxygen atoms in total. The highest BCUT2D eigenvalue weighted by molar-refractivity contribution is 6.31. The van der Waals surface area contributed by atoms with Crippen LogP contribution in [-0.4, -0.2) is 42.2 Å². The molecule has 0 spiro atoms. The van der Waals surface area contributed by atoms with E-state index in [1.807, 2.05) is 24.3 Å². The fourth-order valence-electron chi connectivity index (χ4n) is 4.36. The van der Waals surface area contributed by atoms with Crippen molar-refractivity contribution in [1.29, 1.82) is 0 Å². The van der Waals surface area contributed by atoms with E-state index in [-0.39, 0.29) is 12.3 Å². The molecule has 2 amide bonds. The van der Waals surface area contributed by atoms with Crippen molar-refractivity contribution in [3.63, 3.8) is 0 Å². The number of hydrogen-bond acceptors (Lipinski definition) is 6. The van der Waals surface area contributed by atoms with Crippen molar-refractivity contribution in [2.24, 2.45) is 5.10 Å². The van der Waals surface area contributed by atoms with Crippen molar-refractivity contribution < 1.29 is 14.7 Å². The highest BCUT2D eigenvalue weighted by Gasteiger charge is 2.33. The van der Waals surface area contributed by atoms with Gasteiger partial charge in [0, 0.05) is 10.4 Å². The number of para-hydroxylation sites is 1. The molecule has 3 heterocycles. The molecule has 0 radical (unpaired) electrons. The van der Waals surface area contributed by atoms with Crippen molar-refractivity contribution >= 4 is 68.3 Å². The molecule has 1 N–H and O–H groups in total. The SMILES string of the molecule is CC1=NN(C(=O)Cn2c3ccccc3c3nc4cc(Cl)ccc4nc32)C(=O)/C1=C/c1ccc(O)cc1. The summed E-state index contributed by atoms with van der Waals surface area (Å²) in [6.45, 7) is 1.54. The molecule has 0 saturated carbocycles.